The number of carboxylic acids is 1. The summed E-state index contributed by atoms with van der Waals surface area (Å²) in [5.74, 6) is -0.0443. The van der Waals surface area contributed by atoms with Gasteiger partial charge in [-0.25, -0.2) is 18.9 Å². The summed E-state index contributed by atoms with van der Waals surface area (Å²) in [7, 11) is 1.61. The SMILES string of the molecule is COc1ccc(CNCc2cn(-c3ccc(OCCF)nc3)nc2C(=O)O)cc1. The number of hydrogen-bond donors (Lipinski definition) is 2. The van der Waals surface area contributed by atoms with Gasteiger partial charge >= 0.3 is 5.97 Å². The molecule has 0 saturated heterocycles. The van der Waals surface area contributed by atoms with E-state index in [-0.39, 0.29) is 12.3 Å². The van der Waals surface area contributed by atoms with Crippen molar-refractivity contribution in [3.05, 3.63) is 65.6 Å². The van der Waals surface area contributed by atoms with Crippen LogP contribution in [0, 0.1) is 0 Å². The van der Waals surface area contributed by atoms with Crippen LogP contribution in [0.4, 0.5) is 4.39 Å². The molecule has 8 nitrogen and oxygen atoms in total. The highest BCUT2D eigenvalue weighted by Gasteiger charge is 2.16. The molecule has 0 unspecified atom stereocenters. The first kappa shape index (κ1) is 20.3. The average Bonchev–Trinajstić information content (AvgIpc) is 3.17. The third-order valence-electron chi connectivity index (χ3n) is 4.11. The number of carbonyl (C=O) groups is 1. The van der Waals surface area contributed by atoms with Crippen LogP contribution < -0.4 is 14.8 Å². The van der Waals surface area contributed by atoms with Gasteiger partial charge in [0.25, 0.3) is 0 Å². The maximum atomic E-state index is 12.2. The molecule has 0 amide bonds. The predicted molar refractivity (Wildman–Crippen MR) is 103 cm³/mol. The minimum Gasteiger partial charge on any atom is -0.497 e. The highest BCUT2D eigenvalue weighted by Crippen LogP contribution is 2.16. The molecule has 0 radical (unpaired) electrons. The highest BCUT2D eigenvalue weighted by molar-refractivity contribution is 5.87. The van der Waals surface area contributed by atoms with Gasteiger partial charge in [0.05, 0.1) is 19.0 Å². The first-order valence-electron chi connectivity index (χ1n) is 8.91. The fraction of sp³-hybridized carbons (Fsp3) is 0.250. The number of ether oxygens (including phenoxy) is 2. The minimum atomic E-state index is -1.11. The predicted octanol–water partition coefficient (Wildman–Crippen LogP) is 2.61. The molecule has 0 atom stereocenters. The molecule has 2 aromatic heterocycles. The van der Waals surface area contributed by atoms with E-state index in [4.69, 9.17) is 9.47 Å². The number of pyridine rings is 1. The summed E-state index contributed by atoms with van der Waals surface area (Å²) in [5.41, 5.74) is 2.12. The third-order valence-corrected chi connectivity index (χ3v) is 4.11. The Labute approximate surface area is 166 Å². The number of aromatic carboxylic acids is 1. The van der Waals surface area contributed by atoms with Gasteiger partial charge in [-0.2, -0.15) is 5.10 Å². The molecule has 0 aliphatic heterocycles. The van der Waals surface area contributed by atoms with E-state index in [0.29, 0.717) is 30.2 Å². The Morgan fingerprint density at radius 2 is 2.00 bits per heavy atom. The lowest BCUT2D eigenvalue weighted by molar-refractivity contribution is 0.0688. The van der Waals surface area contributed by atoms with Crippen LogP contribution in [0.15, 0.2) is 48.8 Å². The molecule has 29 heavy (non-hydrogen) atoms. The monoisotopic (exact) mass is 400 g/mol. The zero-order valence-corrected chi connectivity index (χ0v) is 15.8. The maximum Gasteiger partial charge on any atom is 0.356 e. The van der Waals surface area contributed by atoms with Crippen LogP contribution in [0.5, 0.6) is 11.6 Å². The number of carboxylic acid groups (broad SMARTS) is 1. The Morgan fingerprint density at radius 3 is 2.62 bits per heavy atom. The van der Waals surface area contributed by atoms with Crippen molar-refractivity contribution in [3.63, 3.8) is 0 Å². The van der Waals surface area contributed by atoms with E-state index in [1.54, 1.807) is 25.4 Å². The molecule has 3 rings (SSSR count). The first-order valence-corrected chi connectivity index (χ1v) is 8.91. The Hall–Kier alpha value is -3.46. The van der Waals surface area contributed by atoms with Gasteiger partial charge in [-0.3, -0.25) is 0 Å². The molecule has 2 N–H and O–H groups in total. The molecule has 2 heterocycles. The lowest BCUT2D eigenvalue weighted by atomic mass is 10.2. The lowest BCUT2D eigenvalue weighted by Crippen LogP contribution is -2.14. The molecule has 0 aliphatic carbocycles. The summed E-state index contributed by atoms with van der Waals surface area (Å²) < 4.78 is 23.8. The number of methoxy groups -OCH3 is 1. The molecule has 9 heteroatoms. The largest absolute Gasteiger partial charge is 0.497 e. The van der Waals surface area contributed by atoms with Gasteiger partial charge < -0.3 is 19.9 Å². The van der Waals surface area contributed by atoms with Gasteiger partial charge in [-0.1, -0.05) is 12.1 Å². The third kappa shape index (κ3) is 5.29. The quantitative estimate of drug-likeness (QED) is 0.540. The Kier molecular flexibility index (Phi) is 6.75. The average molecular weight is 400 g/mol. The van der Waals surface area contributed by atoms with E-state index in [0.717, 1.165) is 11.3 Å². The number of nitrogens with one attached hydrogen (secondary N) is 1. The number of rotatable bonds is 10. The zero-order valence-electron chi connectivity index (χ0n) is 15.8. The summed E-state index contributed by atoms with van der Waals surface area (Å²) in [6, 6.07) is 10.9. The van der Waals surface area contributed by atoms with Gasteiger partial charge in [0.15, 0.2) is 5.69 Å². The van der Waals surface area contributed by atoms with Crippen LogP contribution in [-0.2, 0) is 13.1 Å². The Morgan fingerprint density at radius 1 is 1.21 bits per heavy atom. The van der Waals surface area contributed by atoms with Crippen LogP contribution in [0.25, 0.3) is 5.69 Å². The number of alkyl halides is 1. The standard InChI is InChI=1S/C20H21FN4O4/c1-28-17-5-2-14(3-6-17)10-22-11-15-13-25(24-19(15)20(26)27)16-4-7-18(23-12-16)29-9-8-21/h2-7,12-13,22H,8-11H2,1H3,(H,26,27). The Balaban J connectivity index is 1.68. The smallest absolute Gasteiger partial charge is 0.356 e. The second-order valence-electron chi connectivity index (χ2n) is 6.10. The fourth-order valence-corrected chi connectivity index (χ4v) is 2.67. The lowest BCUT2D eigenvalue weighted by Gasteiger charge is -2.05. The second kappa shape index (κ2) is 9.65. The van der Waals surface area contributed by atoms with Crippen molar-refractivity contribution in [2.24, 2.45) is 0 Å². The van der Waals surface area contributed by atoms with E-state index >= 15 is 0 Å². The fourth-order valence-electron chi connectivity index (χ4n) is 2.67. The number of hydrogen-bond acceptors (Lipinski definition) is 6. The summed E-state index contributed by atoms with van der Waals surface area (Å²) in [6.45, 7) is 0.230. The van der Waals surface area contributed by atoms with Gasteiger partial charge in [-0.15, -0.1) is 0 Å². The molecule has 0 saturated carbocycles. The highest BCUT2D eigenvalue weighted by atomic mass is 19.1. The molecule has 152 valence electrons. The van der Waals surface area contributed by atoms with Crippen molar-refractivity contribution in [2.45, 2.75) is 13.1 Å². The van der Waals surface area contributed by atoms with Gasteiger partial charge in [-0.05, 0) is 23.8 Å². The summed E-state index contributed by atoms with van der Waals surface area (Å²) in [5, 5.41) is 16.8. The van der Waals surface area contributed by atoms with E-state index in [2.05, 4.69) is 15.4 Å². The number of benzene rings is 1. The van der Waals surface area contributed by atoms with E-state index in [1.165, 1.54) is 10.9 Å². The van der Waals surface area contributed by atoms with E-state index in [1.807, 2.05) is 24.3 Å². The Bertz CT molecular complexity index is 942. The number of halogens is 1. The molecule has 0 aliphatic rings. The molecular weight excluding hydrogens is 379 g/mol. The number of aromatic nitrogens is 3. The molecular formula is C20H21FN4O4. The van der Waals surface area contributed by atoms with Crippen LogP contribution in [0.3, 0.4) is 0 Å². The van der Waals surface area contributed by atoms with Crippen LogP contribution in [-0.4, -0.2) is 46.2 Å². The van der Waals surface area contributed by atoms with Crippen molar-refractivity contribution in [2.75, 3.05) is 20.4 Å². The van der Waals surface area contributed by atoms with Crippen LogP contribution in [0.2, 0.25) is 0 Å². The van der Waals surface area contributed by atoms with E-state index < -0.39 is 12.6 Å². The maximum absolute atomic E-state index is 12.2. The summed E-state index contributed by atoms with van der Waals surface area (Å²) in [4.78, 5) is 15.6. The first-order chi connectivity index (χ1) is 14.1. The molecule has 0 bridgehead atoms. The topological polar surface area (TPSA) is 98.5 Å². The van der Waals surface area contributed by atoms with Crippen molar-refractivity contribution in [3.8, 4) is 17.3 Å². The van der Waals surface area contributed by atoms with Crippen LogP contribution >= 0.6 is 0 Å². The van der Waals surface area contributed by atoms with Gasteiger partial charge in [0, 0.05) is 30.9 Å². The van der Waals surface area contributed by atoms with Crippen molar-refractivity contribution >= 4 is 5.97 Å². The van der Waals surface area contributed by atoms with Gasteiger partial charge in [0.1, 0.15) is 19.0 Å². The number of nitrogens with zero attached hydrogens (tertiary/aromatic N) is 3. The zero-order chi connectivity index (χ0) is 20.6. The minimum absolute atomic E-state index is 0.0370. The van der Waals surface area contributed by atoms with Crippen molar-refractivity contribution < 1.29 is 23.8 Å². The molecule has 0 fully saturated rings. The van der Waals surface area contributed by atoms with Crippen molar-refractivity contribution in [1.82, 2.24) is 20.1 Å². The molecule has 1 aromatic carbocycles. The molecule has 0 spiro atoms. The summed E-state index contributed by atoms with van der Waals surface area (Å²) >= 11 is 0. The second-order valence-corrected chi connectivity index (χ2v) is 6.10. The van der Waals surface area contributed by atoms with Crippen LogP contribution in [0.1, 0.15) is 21.6 Å². The normalized spacial score (nSPS) is 10.7. The van der Waals surface area contributed by atoms with Gasteiger partial charge in [0.2, 0.25) is 5.88 Å². The molecule has 3 aromatic rings. The van der Waals surface area contributed by atoms with E-state index in [9.17, 15) is 14.3 Å². The summed E-state index contributed by atoms with van der Waals surface area (Å²) in [6.07, 6.45) is 3.13. The van der Waals surface area contributed by atoms with Crippen molar-refractivity contribution in [1.29, 1.82) is 0 Å².